The Morgan fingerprint density at radius 2 is 1.89 bits per heavy atom. The number of hydrogen-bond donors (Lipinski definition) is 0. The maximum atomic E-state index is 13.5. The smallest absolute Gasteiger partial charge is 0.322 e. The van der Waals surface area contributed by atoms with Gasteiger partial charge in [0.2, 0.25) is 0 Å². The summed E-state index contributed by atoms with van der Waals surface area (Å²) in [5, 5.41) is 0. The molecule has 28 heavy (non-hydrogen) atoms. The second kappa shape index (κ2) is 7.31. The van der Waals surface area contributed by atoms with Crippen molar-refractivity contribution in [2.24, 2.45) is 5.92 Å². The molecule has 2 aromatic rings. The van der Waals surface area contributed by atoms with Crippen molar-refractivity contribution in [2.75, 3.05) is 7.11 Å². The summed E-state index contributed by atoms with van der Waals surface area (Å²) in [6, 6.07) is 13.5. The van der Waals surface area contributed by atoms with Crippen molar-refractivity contribution in [3.05, 3.63) is 77.9 Å². The van der Waals surface area contributed by atoms with Crippen LogP contribution in [0, 0.1) is 5.92 Å². The molecule has 0 spiro atoms. The van der Waals surface area contributed by atoms with E-state index in [1.54, 1.807) is 7.11 Å². The summed E-state index contributed by atoms with van der Waals surface area (Å²) in [5.74, 6) is 0.872. The van der Waals surface area contributed by atoms with Crippen molar-refractivity contribution in [2.45, 2.75) is 38.5 Å². The monoisotopic (exact) mass is 376 g/mol. The number of benzene rings is 2. The van der Waals surface area contributed by atoms with Gasteiger partial charge in [0.05, 0.1) is 7.11 Å². The van der Waals surface area contributed by atoms with E-state index >= 15 is 0 Å². The molecule has 3 heteroatoms. The molecule has 2 aromatic carbocycles. The number of carbonyl (C=O) groups excluding carboxylic acids is 1. The average molecular weight is 376 g/mol. The first-order valence-electron chi connectivity index (χ1n) is 9.53. The van der Waals surface area contributed by atoms with Crippen LogP contribution >= 0.6 is 0 Å². The summed E-state index contributed by atoms with van der Waals surface area (Å²) >= 11 is 0. The molecule has 146 valence electrons. The first kappa shape index (κ1) is 19.9. The zero-order valence-electron chi connectivity index (χ0n) is 17.3. The fourth-order valence-electron chi connectivity index (χ4n) is 3.77. The van der Waals surface area contributed by atoms with Gasteiger partial charge < -0.3 is 9.47 Å². The summed E-state index contributed by atoms with van der Waals surface area (Å²) in [6.07, 6.45) is 5.88. The van der Waals surface area contributed by atoms with E-state index < -0.39 is 5.41 Å². The maximum Gasteiger partial charge on any atom is 0.322 e. The first-order valence-corrected chi connectivity index (χ1v) is 9.53. The Bertz CT molecular complexity index is 933. The third kappa shape index (κ3) is 3.37. The number of rotatable bonds is 4. The van der Waals surface area contributed by atoms with Crippen LogP contribution < -0.4 is 9.47 Å². The molecule has 0 bridgehead atoms. The van der Waals surface area contributed by atoms with Gasteiger partial charge in [0.15, 0.2) is 0 Å². The Hall–Kier alpha value is -2.81. The third-order valence-corrected chi connectivity index (χ3v) is 5.55. The van der Waals surface area contributed by atoms with E-state index in [1.807, 2.05) is 67.6 Å². The molecule has 0 aromatic heterocycles. The Morgan fingerprint density at radius 3 is 2.54 bits per heavy atom. The van der Waals surface area contributed by atoms with Crippen molar-refractivity contribution >= 4 is 12.0 Å². The Labute approximate surface area is 167 Å². The van der Waals surface area contributed by atoms with Gasteiger partial charge in [-0.2, -0.15) is 0 Å². The van der Waals surface area contributed by atoms with Crippen molar-refractivity contribution in [3.63, 3.8) is 0 Å². The lowest BCUT2D eigenvalue weighted by atomic mass is 9.67. The highest BCUT2D eigenvalue weighted by Crippen LogP contribution is 2.43. The number of ether oxygens (including phenoxy) is 2. The van der Waals surface area contributed by atoms with E-state index in [9.17, 15) is 4.79 Å². The van der Waals surface area contributed by atoms with Gasteiger partial charge in [-0.1, -0.05) is 63.3 Å². The van der Waals surface area contributed by atoms with Crippen LogP contribution in [0.2, 0.25) is 0 Å². The van der Waals surface area contributed by atoms with Gasteiger partial charge in [-0.15, -0.1) is 6.58 Å². The number of esters is 1. The lowest BCUT2D eigenvalue weighted by Crippen LogP contribution is -2.43. The standard InChI is InChI=1S/C25H28O3/c1-7-18-13-12-17-10-8-9-11-20(17)25(18,5)23(26)28-22-15-14-19(27-6)16-21(22)24(2,3)4/h7-16,18H,1H2,2-6H3/t18-,25-/m0/s1. The normalized spacial score (nSPS) is 21.0. The molecular weight excluding hydrogens is 348 g/mol. The highest BCUT2D eigenvalue weighted by Gasteiger charge is 2.45. The van der Waals surface area contributed by atoms with Crippen LogP contribution in [-0.2, 0) is 15.6 Å². The van der Waals surface area contributed by atoms with Gasteiger partial charge in [-0.25, -0.2) is 0 Å². The van der Waals surface area contributed by atoms with Crippen molar-refractivity contribution in [1.29, 1.82) is 0 Å². The van der Waals surface area contributed by atoms with Crippen LogP contribution in [0.15, 0.2) is 61.2 Å². The summed E-state index contributed by atoms with van der Waals surface area (Å²) in [7, 11) is 1.63. The second-order valence-electron chi connectivity index (χ2n) is 8.41. The average Bonchev–Trinajstić information content (AvgIpc) is 2.67. The summed E-state index contributed by atoms with van der Waals surface area (Å²) < 4.78 is 11.4. The van der Waals surface area contributed by atoms with Crippen LogP contribution in [0.3, 0.4) is 0 Å². The van der Waals surface area contributed by atoms with Gasteiger partial charge in [0.1, 0.15) is 16.9 Å². The molecule has 0 fully saturated rings. The van der Waals surface area contributed by atoms with Gasteiger partial charge in [-0.05, 0) is 41.7 Å². The zero-order valence-corrected chi connectivity index (χ0v) is 17.3. The molecule has 0 heterocycles. The van der Waals surface area contributed by atoms with Crippen molar-refractivity contribution < 1.29 is 14.3 Å². The molecule has 3 rings (SSSR count). The molecule has 0 radical (unpaired) electrons. The number of hydrogen-bond acceptors (Lipinski definition) is 3. The second-order valence-corrected chi connectivity index (χ2v) is 8.41. The Kier molecular flexibility index (Phi) is 5.20. The highest BCUT2D eigenvalue weighted by molar-refractivity contribution is 5.89. The van der Waals surface area contributed by atoms with Crippen LogP contribution in [0.25, 0.3) is 6.08 Å². The van der Waals surface area contributed by atoms with Crippen LogP contribution in [0.1, 0.15) is 44.4 Å². The minimum Gasteiger partial charge on any atom is -0.497 e. The minimum atomic E-state index is -0.845. The van der Waals surface area contributed by atoms with E-state index in [-0.39, 0.29) is 17.3 Å². The molecule has 0 N–H and O–H groups in total. The largest absolute Gasteiger partial charge is 0.497 e. The van der Waals surface area contributed by atoms with Gasteiger partial charge in [0.25, 0.3) is 0 Å². The number of methoxy groups -OCH3 is 1. The summed E-state index contributed by atoms with van der Waals surface area (Å²) in [4.78, 5) is 13.5. The highest BCUT2D eigenvalue weighted by atomic mass is 16.5. The number of fused-ring (bicyclic) bond motifs is 1. The molecular formula is C25H28O3. The Morgan fingerprint density at radius 1 is 1.18 bits per heavy atom. The fourth-order valence-corrected chi connectivity index (χ4v) is 3.77. The van der Waals surface area contributed by atoms with Crippen molar-refractivity contribution in [3.8, 4) is 11.5 Å². The van der Waals surface area contributed by atoms with Crippen molar-refractivity contribution in [1.82, 2.24) is 0 Å². The fraction of sp³-hybridized carbons (Fsp3) is 0.320. The molecule has 0 saturated heterocycles. The Balaban J connectivity index is 2.05. The summed E-state index contributed by atoms with van der Waals surface area (Å²) in [6.45, 7) is 12.1. The zero-order chi connectivity index (χ0) is 20.5. The molecule has 0 amide bonds. The predicted molar refractivity (Wildman–Crippen MR) is 114 cm³/mol. The SMILES string of the molecule is C=C[C@H]1C=Cc2ccccc2[C@@]1(C)C(=O)Oc1ccc(OC)cc1C(C)(C)C. The van der Waals surface area contributed by atoms with Gasteiger partial charge in [0, 0.05) is 11.5 Å². The lowest BCUT2D eigenvalue weighted by molar-refractivity contribution is -0.141. The molecule has 0 saturated carbocycles. The quantitative estimate of drug-likeness (QED) is 0.391. The molecule has 3 nitrogen and oxygen atoms in total. The molecule has 0 aliphatic heterocycles. The van der Waals surface area contributed by atoms with Gasteiger partial charge >= 0.3 is 5.97 Å². The van der Waals surface area contributed by atoms with E-state index in [1.165, 1.54) is 0 Å². The molecule has 0 unspecified atom stereocenters. The molecule has 1 aliphatic rings. The molecule has 2 atom stereocenters. The predicted octanol–water partition coefficient (Wildman–Crippen LogP) is 5.69. The lowest BCUT2D eigenvalue weighted by Gasteiger charge is -2.37. The van der Waals surface area contributed by atoms with E-state index in [2.05, 4.69) is 27.4 Å². The van der Waals surface area contributed by atoms with E-state index in [0.717, 1.165) is 22.4 Å². The number of allylic oxidation sites excluding steroid dienone is 2. The maximum absolute atomic E-state index is 13.5. The summed E-state index contributed by atoms with van der Waals surface area (Å²) in [5.41, 5.74) is 1.87. The van der Waals surface area contributed by atoms with Crippen LogP contribution in [0.4, 0.5) is 0 Å². The van der Waals surface area contributed by atoms with E-state index in [4.69, 9.17) is 9.47 Å². The van der Waals surface area contributed by atoms with Crippen LogP contribution in [0.5, 0.6) is 11.5 Å². The minimum absolute atomic E-state index is 0.147. The van der Waals surface area contributed by atoms with E-state index in [0.29, 0.717) is 5.75 Å². The van der Waals surface area contributed by atoms with Crippen LogP contribution in [-0.4, -0.2) is 13.1 Å². The topological polar surface area (TPSA) is 35.5 Å². The first-order chi connectivity index (χ1) is 13.2. The third-order valence-electron chi connectivity index (χ3n) is 5.55. The number of carbonyl (C=O) groups is 1. The van der Waals surface area contributed by atoms with Gasteiger partial charge in [-0.3, -0.25) is 4.79 Å². The molecule has 1 aliphatic carbocycles.